The molecule has 0 amide bonds. The van der Waals surface area contributed by atoms with Gasteiger partial charge in [0.15, 0.2) is 5.79 Å². The van der Waals surface area contributed by atoms with E-state index >= 15 is 0 Å². The number of carbonyl (C=O) groups excluding carboxylic acids is 1. The summed E-state index contributed by atoms with van der Waals surface area (Å²) < 4.78 is 17.3. The summed E-state index contributed by atoms with van der Waals surface area (Å²) in [6, 6.07) is 0. The van der Waals surface area contributed by atoms with Gasteiger partial charge in [-0.3, -0.25) is 4.79 Å². The molecule has 0 aromatic rings. The zero-order valence-corrected chi connectivity index (χ0v) is 9.99. The highest BCUT2D eigenvalue weighted by Gasteiger charge is 2.62. The van der Waals surface area contributed by atoms with Gasteiger partial charge in [0.1, 0.15) is 12.2 Å². The molecule has 0 unspecified atom stereocenters. The van der Waals surface area contributed by atoms with Crippen LogP contribution in [0, 0.1) is 5.41 Å². The smallest absolute Gasteiger partial charge is 0.314 e. The molecule has 4 atom stereocenters. The molecule has 3 rings (SSSR count). The van der Waals surface area contributed by atoms with Crippen molar-refractivity contribution in [1.82, 2.24) is 0 Å². The molecule has 3 aliphatic rings. The van der Waals surface area contributed by atoms with Crippen LogP contribution >= 0.6 is 0 Å². The summed E-state index contributed by atoms with van der Waals surface area (Å²) in [5, 5.41) is 0. The number of esters is 1. The molecule has 3 heterocycles. The van der Waals surface area contributed by atoms with Gasteiger partial charge in [-0.1, -0.05) is 0 Å². The summed E-state index contributed by atoms with van der Waals surface area (Å²) in [7, 11) is 0. The number of ether oxygens (including phenoxy) is 3. The number of rotatable bonds is 0. The first-order valence-corrected chi connectivity index (χ1v) is 6.00. The molecule has 3 aliphatic heterocycles. The Morgan fingerprint density at radius 2 is 2.06 bits per heavy atom. The van der Waals surface area contributed by atoms with Crippen molar-refractivity contribution in [3.63, 3.8) is 0 Å². The molecule has 0 bridgehead atoms. The number of hydrogen-bond acceptors (Lipinski definition) is 4. The number of carbonyl (C=O) groups is 1. The van der Waals surface area contributed by atoms with E-state index < -0.39 is 11.2 Å². The first kappa shape index (κ1) is 10.5. The third-order valence-electron chi connectivity index (χ3n) is 4.04. The lowest BCUT2D eigenvalue weighted by Crippen LogP contribution is -2.37. The Morgan fingerprint density at radius 1 is 1.31 bits per heavy atom. The Labute approximate surface area is 95.2 Å². The van der Waals surface area contributed by atoms with Gasteiger partial charge in [-0.25, -0.2) is 0 Å². The van der Waals surface area contributed by atoms with E-state index in [1.165, 1.54) is 0 Å². The zero-order chi connectivity index (χ0) is 11.6. The van der Waals surface area contributed by atoms with Gasteiger partial charge < -0.3 is 14.2 Å². The van der Waals surface area contributed by atoms with Crippen LogP contribution in [0.15, 0.2) is 0 Å². The monoisotopic (exact) mass is 226 g/mol. The van der Waals surface area contributed by atoms with Crippen molar-refractivity contribution in [2.75, 3.05) is 0 Å². The molecule has 16 heavy (non-hydrogen) atoms. The molecular formula is C12H18O4. The largest absolute Gasteiger partial charge is 0.459 e. The van der Waals surface area contributed by atoms with Gasteiger partial charge in [0.25, 0.3) is 0 Å². The Hall–Kier alpha value is -0.610. The molecule has 90 valence electrons. The van der Waals surface area contributed by atoms with Crippen molar-refractivity contribution in [2.45, 2.75) is 64.1 Å². The fourth-order valence-electron chi connectivity index (χ4n) is 3.03. The van der Waals surface area contributed by atoms with E-state index in [4.69, 9.17) is 14.2 Å². The maximum absolute atomic E-state index is 11.6. The molecule has 0 aromatic heterocycles. The molecule has 1 spiro atoms. The van der Waals surface area contributed by atoms with Crippen LogP contribution in [0.25, 0.3) is 0 Å². The van der Waals surface area contributed by atoms with Crippen molar-refractivity contribution in [3.05, 3.63) is 0 Å². The topological polar surface area (TPSA) is 44.8 Å². The minimum Gasteiger partial charge on any atom is -0.459 e. The number of fused-ring (bicyclic) bond motifs is 1. The van der Waals surface area contributed by atoms with Gasteiger partial charge in [0.05, 0.1) is 11.5 Å². The van der Waals surface area contributed by atoms with Gasteiger partial charge in [0.2, 0.25) is 0 Å². The quantitative estimate of drug-likeness (QED) is 0.589. The molecule has 0 radical (unpaired) electrons. The van der Waals surface area contributed by atoms with E-state index in [1.807, 2.05) is 13.8 Å². The minimum absolute atomic E-state index is 0.118. The predicted molar refractivity (Wildman–Crippen MR) is 55.7 cm³/mol. The second-order valence-corrected chi connectivity index (χ2v) is 5.79. The second kappa shape index (κ2) is 2.99. The first-order chi connectivity index (χ1) is 7.43. The fraction of sp³-hybridized carbons (Fsp3) is 0.917. The van der Waals surface area contributed by atoms with E-state index in [0.29, 0.717) is 6.42 Å². The van der Waals surface area contributed by atoms with Crippen molar-refractivity contribution in [2.24, 2.45) is 5.41 Å². The predicted octanol–water partition coefficient (Wildman–Crippen LogP) is 1.62. The van der Waals surface area contributed by atoms with Crippen LogP contribution in [0.5, 0.6) is 0 Å². The third kappa shape index (κ3) is 1.26. The molecular weight excluding hydrogens is 208 g/mol. The Morgan fingerprint density at radius 3 is 2.62 bits per heavy atom. The normalized spacial score (nSPS) is 49.7. The molecule has 3 saturated heterocycles. The van der Waals surface area contributed by atoms with E-state index in [-0.39, 0.29) is 24.3 Å². The van der Waals surface area contributed by atoms with E-state index in [1.54, 1.807) is 0 Å². The maximum atomic E-state index is 11.6. The average molecular weight is 226 g/mol. The molecule has 4 nitrogen and oxygen atoms in total. The summed E-state index contributed by atoms with van der Waals surface area (Å²) in [4.78, 5) is 11.6. The lowest BCUT2D eigenvalue weighted by molar-refractivity contribution is -0.225. The summed E-state index contributed by atoms with van der Waals surface area (Å²) in [5.74, 6) is -0.629. The third-order valence-corrected chi connectivity index (χ3v) is 4.04. The van der Waals surface area contributed by atoms with Crippen molar-refractivity contribution in [3.8, 4) is 0 Å². The van der Waals surface area contributed by atoms with E-state index in [9.17, 15) is 4.79 Å². The summed E-state index contributed by atoms with van der Waals surface area (Å²) in [6.45, 7) is 5.83. The Balaban J connectivity index is 1.83. The van der Waals surface area contributed by atoms with Crippen LogP contribution in [-0.4, -0.2) is 30.1 Å². The minimum atomic E-state index is -0.538. The first-order valence-electron chi connectivity index (χ1n) is 6.00. The Bertz CT molecular complexity index is 338. The van der Waals surface area contributed by atoms with Crippen LogP contribution in [0.3, 0.4) is 0 Å². The van der Waals surface area contributed by atoms with Gasteiger partial charge in [-0.05, 0) is 27.2 Å². The lowest BCUT2D eigenvalue weighted by atomic mass is 9.87. The highest BCUT2D eigenvalue weighted by atomic mass is 16.7. The van der Waals surface area contributed by atoms with Gasteiger partial charge in [-0.15, -0.1) is 0 Å². The van der Waals surface area contributed by atoms with Gasteiger partial charge >= 0.3 is 5.97 Å². The molecule has 3 fully saturated rings. The molecule has 0 aliphatic carbocycles. The van der Waals surface area contributed by atoms with Crippen LogP contribution in [0.2, 0.25) is 0 Å². The lowest BCUT2D eigenvalue weighted by Gasteiger charge is -2.27. The van der Waals surface area contributed by atoms with Gasteiger partial charge in [0, 0.05) is 12.8 Å². The molecule has 0 saturated carbocycles. The zero-order valence-electron chi connectivity index (χ0n) is 9.99. The van der Waals surface area contributed by atoms with Crippen LogP contribution < -0.4 is 0 Å². The summed E-state index contributed by atoms with van der Waals surface area (Å²) >= 11 is 0. The maximum Gasteiger partial charge on any atom is 0.314 e. The molecule has 0 aromatic carbocycles. The second-order valence-electron chi connectivity index (χ2n) is 5.79. The Kier molecular flexibility index (Phi) is 1.97. The van der Waals surface area contributed by atoms with E-state index in [2.05, 4.69) is 6.92 Å². The van der Waals surface area contributed by atoms with Crippen LogP contribution in [0.4, 0.5) is 0 Å². The molecule has 0 N–H and O–H groups in total. The van der Waals surface area contributed by atoms with Crippen molar-refractivity contribution >= 4 is 5.97 Å². The van der Waals surface area contributed by atoms with Crippen molar-refractivity contribution < 1.29 is 19.0 Å². The average Bonchev–Trinajstić information content (AvgIpc) is 2.77. The van der Waals surface area contributed by atoms with Gasteiger partial charge in [-0.2, -0.15) is 0 Å². The SMILES string of the molecule is C[C@@H]1CC[C@@]2(C[C@@H]3OC(=O)C(C)(C)[C@@H]3O2)O1. The highest BCUT2D eigenvalue weighted by Crippen LogP contribution is 2.51. The van der Waals surface area contributed by atoms with Crippen molar-refractivity contribution in [1.29, 1.82) is 0 Å². The number of hydrogen-bond donors (Lipinski definition) is 0. The van der Waals surface area contributed by atoms with Crippen LogP contribution in [-0.2, 0) is 19.0 Å². The van der Waals surface area contributed by atoms with Crippen LogP contribution in [0.1, 0.15) is 40.0 Å². The summed E-state index contributed by atoms with van der Waals surface area (Å²) in [5.41, 5.74) is -0.538. The van der Waals surface area contributed by atoms with E-state index in [0.717, 1.165) is 12.8 Å². The molecule has 4 heteroatoms. The standard InChI is InChI=1S/C12H18O4/c1-7-4-5-12(15-7)6-8-9(16-12)11(2,3)10(13)14-8/h7-9H,4-6H2,1-3H3/t7-,8+,9-,12-/m1/s1. The fourth-order valence-corrected chi connectivity index (χ4v) is 3.03. The summed E-state index contributed by atoms with van der Waals surface area (Å²) in [6.07, 6.45) is 2.61. The highest BCUT2D eigenvalue weighted by molar-refractivity contribution is 5.79.